The highest BCUT2D eigenvalue weighted by Gasteiger charge is 1.99. The molecule has 0 aromatic heterocycles. The standard InChI is InChI=1S/C16H17Cl/c1-2-3-5-13-6-4-7-15(12-13)14-8-10-16(17)11-9-14/h4,6-12H,2-3,5H2,1H3. The third kappa shape index (κ3) is 3.34. The van der Waals surface area contributed by atoms with Gasteiger partial charge in [0.1, 0.15) is 0 Å². The summed E-state index contributed by atoms with van der Waals surface area (Å²) in [6.07, 6.45) is 3.66. The number of halogens is 1. The lowest BCUT2D eigenvalue weighted by Gasteiger charge is -2.05. The molecule has 2 aromatic carbocycles. The molecule has 0 aliphatic rings. The average Bonchev–Trinajstić information content (AvgIpc) is 2.37. The summed E-state index contributed by atoms with van der Waals surface area (Å²) < 4.78 is 0. The molecule has 88 valence electrons. The van der Waals surface area contributed by atoms with Crippen LogP contribution < -0.4 is 0 Å². The third-order valence-corrected chi connectivity index (χ3v) is 3.18. The maximum absolute atomic E-state index is 5.90. The number of benzene rings is 2. The molecule has 2 aromatic rings. The van der Waals surface area contributed by atoms with Gasteiger partial charge < -0.3 is 0 Å². The van der Waals surface area contributed by atoms with Crippen LogP contribution >= 0.6 is 11.6 Å². The third-order valence-electron chi connectivity index (χ3n) is 2.92. The molecule has 0 bridgehead atoms. The first kappa shape index (κ1) is 12.2. The van der Waals surface area contributed by atoms with Gasteiger partial charge in [-0.25, -0.2) is 0 Å². The first-order valence-electron chi connectivity index (χ1n) is 6.14. The first-order chi connectivity index (χ1) is 8.29. The summed E-state index contributed by atoms with van der Waals surface area (Å²) in [4.78, 5) is 0. The summed E-state index contributed by atoms with van der Waals surface area (Å²) in [5.41, 5.74) is 3.92. The second kappa shape index (κ2) is 5.88. The maximum atomic E-state index is 5.90. The Hall–Kier alpha value is -1.27. The van der Waals surface area contributed by atoms with Crippen molar-refractivity contribution < 1.29 is 0 Å². The van der Waals surface area contributed by atoms with E-state index in [1.54, 1.807) is 0 Å². The van der Waals surface area contributed by atoms with E-state index in [0.29, 0.717) is 0 Å². The van der Waals surface area contributed by atoms with Crippen LogP contribution in [0.5, 0.6) is 0 Å². The van der Waals surface area contributed by atoms with Crippen molar-refractivity contribution in [1.82, 2.24) is 0 Å². The zero-order chi connectivity index (χ0) is 12.1. The molecule has 0 spiro atoms. The Morgan fingerprint density at radius 2 is 1.71 bits per heavy atom. The van der Waals surface area contributed by atoms with Gasteiger partial charge in [-0.15, -0.1) is 0 Å². The van der Waals surface area contributed by atoms with Crippen molar-refractivity contribution in [3.63, 3.8) is 0 Å². The Morgan fingerprint density at radius 1 is 0.941 bits per heavy atom. The van der Waals surface area contributed by atoms with Gasteiger partial charge in [0.05, 0.1) is 0 Å². The van der Waals surface area contributed by atoms with Crippen molar-refractivity contribution in [3.05, 3.63) is 59.1 Å². The quantitative estimate of drug-likeness (QED) is 0.680. The fourth-order valence-corrected chi connectivity index (χ4v) is 2.06. The number of aryl methyl sites for hydroxylation is 1. The monoisotopic (exact) mass is 244 g/mol. The second-order valence-electron chi connectivity index (χ2n) is 4.31. The van der Waals surface area contributed by atoms with Crippen LogP contribution in [-0.4, -0.2) is 0 Å². The Labute approximate surface area is 108 Å². The van der Waals surface area contributed by atoms with Crippen molar-refractivity contribution in [2.75, 3.05) is 0 Å². The minimum atomic E-state index is 0.788. The Balaban J connectivity index is 2.23. The molecule has 0 aliphatic carbocycles. The summed E-state index contributed by atoms with van der Waals surface area (Å²) in [5, 5.41) is 0.788. The minimum absolute atomic E-state index is 0.788. The minimum Gasteiger partial charge on any atom is -0.0843 e. The molecule has 0 fully saturated rings. The number of hydrogen-bond donors (Lipinski definition) is 0. The van der Waals surface area contributed by atoms with E-state index < -0.39 is 0 Å². The summed E-state index contributed by atoms with van der Waals surface area (Å²) in [7, 11) is 0. The van der Waals surface area contributed by atoms with Gasteiger partial charge in [0, 0.05) is 5.02 Å². The highest BCUT2D eigenvalue weighted by Crippen LogP contribution is 2.22. The molecule has 1 heteroatoms. The van der Waals surface area contributed by atoms with E-state index >= 15 is 0 Å². The van der Waals surface area contributed by atoms with E-state index in [1.807, 2.05) is 12.1 Å². The van der Waals surface area contributed by atoms with E-state index in [0.717, 1.165) is 11.4 Å². The smallest absolute Gasteiger partial charge is 0.0406 e. The van der Waals surface area contributed by atoms with Crippen molar-refractivity contribution in [1.29, 1.82) is 0 Å². The molecular formula is C16H17Cl. The molecule has 0 radical (unpaired) electrons. The Morgan fingerprint density at radius 3 is 2.41 bits per heavy atom. The Bertz CT molecular complexity index is 471. The molecule has 0 heterocycles. The van der Waals surface area contributed by atoms with Crippen molar-refractivity contribution in [2.24, 2.45) is 0 Å². The van der Waals surface area contributed by atoms with Gasteiger partial charge in [0.25, 0.3) is 0 Å². The summed E-state index contributed by atoms with van der Waals surface area (Å²) in [5.74, 6) is 0. The molecule has 0 saturated carbocycles. The maximum Gasteiger partial charge on any atom is 0.0406 e. The van der Waals surface area contributed by atoms with E-state index in [9.17, 15) is 0 Å². The lowest BCUT2D eigenvalue weighted by atomic mass is 10.0. The number of unbranched alkanes of at least 4 members (excludes halogenated alkanes) is 1. The molecule has 0 N–H and O–H groups in total. The van der Waals surface area contributed by atoms with Crippen LogP contribution in [-0.2, 0) is 6.42 Å². The van der Waals surface area contributed by atoms with Gasteiger partial charge in [-0.05, 0) is 41.7 Å². The number of rotatable bonds is 4. The second-order valence-corrected chi connectivity index (χ2v) is 4.75. The first-order valence-corrected chi connectivity index (χ1v) is 6.52. The van der Waals surface area contributed by atoms with Gasteiger partial charge in [-0.2, -0.15) is 0 Å². The summed E-state index contributed by atoms with van der Waals surface area (Å²) >= 11 is 5.90. The molecule has 0 aliphatic heterocycles. The fourth-order valence-electron chi connectivity index (χ4n) is 1.93. The van der Waals surface area contributed by atoms with Gasteiger partial charge in [0.2, 0.25) is 0 Å². The SMILES string of the molecule is CCCCc1cccc(-c2ccc(Cl)cc2)c1. The summed E-state index contributed by atoms with van der Waals surface area (Å²) in [6.45, 7) is 2.23. The lowest BCUT2D eigenvalue weighted by Crippen LogP contribution is -1.85. The Kier molecular flexibility index (Phi) is 4.22. The molecule has 0 atom stereocenters. The largest absolute Gasteiger partial charge is 0.0843 e. The van der Waals surface area contributed by atoms with E-state index in [1.165, 1.54) is 29.5 Å². The van der Waals surface area contributed by atoms with Crippen LogP contribution in [0.15, 0.2) is 48.5 Å². The highest BCUT2D eigenvalue weighted by atomic mass is 35.5. The molecule has 2 rings (SSSR count). The van der Waals surface area contributed by atoms with Gasteiger partial charge in [-0.3, -0.25) is 0 Å². The van der Waals surface area contributed by atoms with Crippen molar-refractivity contribution in [2.45, 2.75) is 26.2 Å². The predicted molar refractivity (Wildman–Crippen MR) is 75.5 cm³/mol. The predicted octanol–water partition coefficient (Wildman–Crippen LogP) is 5.35. The summed E-state index contributed by atoms with van der Waals surface area (Å²) in [6, 6.07) is 16.8. The van der Waals surface area contributed by atoms with Crippen molar-refractivity contribution >= 4 is 11.6 Å². The van der Waals surface area contributed by atoms with Crippen LogP contribution in [0.2, 0.25) is 5.02 Å². The van der Waals surface area contributed by atoms with Gasteiger partial charge in [0.15, 0.2) is 0 Å². The lowest BCUT2D eigenvalue weighted by molar-refractivity contribution is 0.795. The van der Waals surface area contributed by atoms with Crippen molar-refractivity contribution in [3.8, 4) is 11.1 Å². The zero-order valence-corrected chi connectivity index (χ0v) is 10.9. The molecule has 0 saturated heterocycles. The number of hydrogen-bond acceptors (Lipinski definition) is 0. The fraction of sp³-hybridized carbons (Fsp3) is 0.250. The molecule has 0 unspecified atom stereocenters. The van der Waals surface area contributed by atoms with Crippen LogP contribution in [0.1, 0.15) is 25.3 Å². The van der Waals surface area contributed by atoms with Crippen LogP contribution in [0, 0.1) is 0 Å². The molecular weight excluding hydrogens is 228 g/mol. The van der Waals surface area contributed by atoms with Gasteiger partial charge in [-0.1, -0.05) is 61.3 Å². The van der Waals surface area contributed by atoms with Crippen LogP contribution in [0.25, 0.3) is 11.1 Å². The zero-order valence-electron chi connectivity index (χ0n) is 10.1. The van der Waals surface area contributed by atoms with Crippen LogP contribution in [0.4, 0.5) is 0 Å². The molecule has 0 amide bonds. The normalized spacial score (nSPS) is 10.5. The van der Waals surface area contributed by atoms with Crippen LogP contribution in [0.3, 0.4) is 0 Å². The molecule has 17 heavy (non-hydrogen) atoms. The van der Waals surface area contributed by atoms with E-state index in [2.05, 4.69) is 43.3 Å². The highest BCUT2D eigenvalue weighted by molar-refractivity contribution is 6.30. The van der Waals surface area contributed by atoms with E-state index in [-0.39, 0.29) is 0 Å². The molecule has 0 nitrogen and oxygen atoms in total. The van der Waals surface area contributed by atoms with Gasteiger partial charge >= 0.3 is 0 Å². The topological polar surface area (TPSA) is 0 Å². The van der Waals surface area contributed by atoms with E-state index in [4.69, 9.17) is 11.6 Å². The average molecular weight is 245 g/mol.